The van der Waals surface area contributed by atoms with E-state index in [9.17, 15) is 13.2 Å². The average Bonchev–Trinajstić information content (AvgIpc) is 2.38. The van der Waals surface area contributed by atoms with Gasteiger partial charge in [-0.05, 0) is 45.6 Å². The van der Waals surface area contributed by atoms with Crippen molar-refractivity contribution in [1.29, 1.82) is 0 Å². The van der Waals surface area contributed by atoms with E-state index in [-0.39, 0.29) is 29.7 Å². The number of hydrogen-bond donors (Lipinski definition) is 1. The maximum absolute atomic E-state index is 12.7. The number of piperidine rings is 2. The highest BCUT2D eigenvalue weighted by Crippen LogP contribution is 2.35. The van der Waals surface area contributed by atoms with Gasteiger partial charge in [-0.3, -0.25) is 4.79 Å². The Balaban J connectivity index is 2.05. The first-order chi connectivity index (χ1) is 9.31. The molecular weight excluding hydrogens is 276 g/mol. The molecule has 4 atom stereocenters. The van der Waals surface area contributed by atoms with Gasteiger partial charge in [0.05, 0.1) is 11.7 Å². The highest BCUT2D eigenvalue weighted by molar-refractivity contribution is 7.90. The van der Waals surface area contributed by atoms with E-state index in [0.717, 1.165) is 19.4 Å². The summed E-state index contributed by atoms with van der Waals surface area (Å²) in [6, 6.07) is 0.0370. The lowest BCUT2D eigenvalue weighted by Gasteiger charge is -2.44. The van der Waals surface area contributed by atoms with Gasteiger partial charge in [-0.1, -0.05) is 0 Å². The van der Waals surface area contributed by atoms with Crippen LogP contribution in [0.15, 0.2) is 0 Å². The largest absolute Gasteiger partial charge is 0.339 e. The molecular formula is C14H26N2O3S. The van der Waals surface area contributed by atoms with E-state index in [1.165, 1.54) is 12.7 Å². The molecule has 0 aromatic rings. The Morgan fingerprint density at radius 2 is 2.10 bits per heavy atom. The highest BCUT2D eigenvalue weighted by Gasteiger charge is 2.41. The lowest BCUT2D eigenvalue weighted by molar-refractivity contribution is -0.140. The van der Waals surface area contributed by atoms with Crippen molar-refractivity contribution < 1.29 is 13.2 Å². The zero-order chi connectivity index (χ0) is 14.9. The van der Waals surface area contributed by atoms with Crippen molar-refractivity contribution in [2.75, 3.05) is 25.1 Å². The Labute approximate surface area is 122 Å². The molecule has 2 heterocycles. The molecule has 3 rings (SSSR count). The van der Waals surface area contributed by atoms with Crippen LogP contribution in [0.3, 0.4) is 0 Å². The minimum atomic E-state index is -3.06. The van der Waals surface area contributed by atoms with Crippen LogP contribution in [0.5, 0.6) is 0 Å². The molecule has 1 N–H and O–H groups in total. The number of rotatable bonds is 5. The van der Waals surface area contributed by atoms with Crippen molar-refractivity contribution in [2.45, 2.75) is 45.2 Å². The van der Waals surface area contributed by atoms with Crippen LogP contribution in [0.25, 0.3) is 0 Å². The van der Waals surface area contributed by atoms with E-state index in [0.29, 0.717) is 12.5 Å². The van der Waals surface area contributed by atoms with Crippen LogP contribution in [0.4, 0.5) is 0 Å². The van der Waals surface area contributed by atoms with E-state index in [2.05, 4.69) is 5.32 Å². The Morgan fingerprint density at radius 3 is 2.50 bits per heavy atom. The molecule has 1 amide bonds. The van der Waals surface area contributed by atoms with Gasteiger partial charge in [-0.25, -0.2) is 8.42 Å². The molecule has 0 radical (unpaired) electrons. The monoisotopic (exact) mass is 302 g/mol. The second kappa shape index (κ2) is 6.02. The molecule has 5 nitrogen and oxygen atoms in total. The van der Waals surface area contributed by atoms with Crippen LogP contribution in [-0.4, -0.2) is 56.4 Å². The number of amides is 1. The maximum atomic E-state index is 12.7. The van der Waals surface area contributed by atoms with E-state index in [4.69, 9.17) is 0 Å². The lowest BCUT2D eigenvalue weighted by Crippen LogP contribution is -2.57. The fourth-order valence-electron chi connectivity index (χ4n) is 3.70. The first-order valence-electron chi connectivity index (χ1n) is 7.53. The molecule has 116 valence electrons. The predicted molar refractivity (Wildman–Crippen MR) is 79.2 cm³/mol. The molecule has 6 heteroatoms. The van der Waals surface area contributed by atoms with E-state index in [1.807, 2.05) is 13.8 Å². The Morgan fingerprint density at radius 1 is 1.40 bits per heavy atom. The molecule has 0 aromatic carbocycles. The van der Waals surface area contributed by atoms with Crippen LogP contribution in [0.1, 0.15) is 33.1 Å². The van der Waals surface area contributed by atoms with Gasteiger partial charge in [-0.2, -0.15) is 0 Å². The van der Waals surface area contributed by atoms with Gasteiger partial charge in [0.15, 0.2) is 0 Å². The second-order valence-electron chi connectivity index (χ2n) is 6.37. The number of carbonyl (C=O) groups excluding carboxylic acids is 1. The summed E-state index contributed by atoms with van der Waals surface area (Å²) >= 11 is 0. The molecule has 20 heavy (non-hydrogen) atoms. The molecule has 3 fully saturated rings. The van der Waals surface area contributed by atoms with E-state index < -0.39 is 9.84 Å². The topological polar surface area (TPSA) is 66.5 Å². The first-order valence-corrected chi connectivity index (χ1v) is 9.59. The number of hydrogen-bond acceptors (Lipinski definition) is 4. The minimum absolute atomic E-state index is 0.0319. The van der Waals surface area contributed by atoms with Crippen molar-refractivity contribution in [2.24, 2.45) is 11.8 Å². The van der Waals surface area contributed by atoms with Crippen LogP contribution in [0.2, 0.25) is 0 Å². The number of nitrogens with zero attached hydrogens (tertiary/aromatic N) is 1. The minimum Gasteiger partial charge on any atom is -0.339 e. The summed E-state index contributed by atoms with van der Waals surface area (Å²) in [4.78, 5) is 14.5. The van der Waals surface area contributed by atoms with Crippen molar-refractivity contribution >= 4 is 15.7 Å². The van der Waals surface area contributed by atoms with Gasteiger partial charge in [0.25, 0.3) is 0 Å². The zero-order valence-electron chi connectivity index (χ0n) is 12.6. The normalized spacial score (nSPS) is 31.1. The van der Waals surface area contributed by atoms with Gasteiger partial charge in [-0.15, -0.1) is 0 Å². The Kier molecular flexibility index (Phi) is 4.74. The third kappa shape index (κ3) is 3.52. The van der Waals surface area contributed by atoms with Gasteiger partial charge in [0.1, 0.15) is 9.84 Å². The van der Waals surface area contributed by atoms with E-state index in [1.54, 1.807) is 4.90 Å². The summed E-state index contributed by atoms with van der Waals surface area (Å²) in [6.45, 7) is 5.35. The number of fused-ring (bicyclic) bond motifs is 3. The third-order valence-electron chi connectivity index (χ3n) is 4.64. The average molecular weight is 302 g/mol. The smallest absolute Gasteiger partial charge is 0.227 e. The fourth-order valence-corrected chi connectivity index (χ4v) is 4.76. The summed E-state index contributed by atoms with van der Waals surface area (Å²) in [5.74, 6) is 0.814. The standard InChI is InChI=1S/C14H26N2O3S/c1-4-16(10(2)9-20(3,18)19)14(17)12-7-11-5-6-13(12)15-8-11/h10-13,15H,4-9H2,1-3H3. The van der Waals surface area contributed by atoms with Crippen molar-refractivity contribution in [3.8, 4) is 0 Å². The van der Waals surface area contributed by atoms with Gasteiger partial charge >= 0.3 is 0 Å². The van der Waals surface area contributed by atoms with Crippen LogP contribution in [-0.2, 0) is 14.6 Å². The maximum Gasteiger partial charge on any atom is 0.227 e. The lowest BCUT2D eigenvalue weighted by atomic mass is 9.73. The van der Waals surface area contributed by atoms with Crippen LogP contribution >= 0.6 is 0 Å². The molecule has 2 aliphatic heterocycles. The van der Waals surface area contributed by atoms with Gasteiger partial charge in [0, 0.05) is 24.9 Å². The molecule has 2 bridgehead atoms. The predicted octanol–water partition coefficient (Wildman–Crippen LogP) is 0.656. The van der Waals surface area contributed by atoms with Crippen LogP contribution in [0, 0.1) is 11.8 Å². The zero-order valence-corrected chi connectivity index (χ0v) is 13.4. The van der Waals surface area contributed by atoms with Crippen LogP contribution < -0.4 is 5.32 Å². The SMILES string of the molecule is CCN(C(=O)C1CC2CCC1NC2)C(C)CS(C)(=O)=O. The second-order valence-corrected chi connectivity index (χ2v) is 8.55. The third-order valence-corrected chi connectivity index (χ3v) is 5.73. The molecule has 0 spiro atoms. The fraction of sp³-hybridized carbons (Fsp3) is 0.929. The molecule has 3 aliphatic rings. The summed E-state index contributed by atoms with van der Waals surface area (Å²) in [5.41, 5.74) is 0. The number of nitrogens with one attached hydrogen (secondary N) is 1. The summed E-state index contributed by atoms with van der Waals surface area (Å²) in [5, 5.41) is 3.45. The van der Waals surface area contributed by atoms with Gasteiger partial charge in [0.2, 0.25) is 5.91 Å². The van der Waals surface area contributed by atoms with Crippen molar-refractivity contribution in [3.05, 3.63) is 0 Å². The molecule has 0 aromatic heterocycles. The molecule has 1 saturated carbocycles. The van der Waals surface area contributed by atoms with Crippen molar-refractivity contribution in [1.82, 2.24) is 10.2 Å². The van der Waals surface area contributed by atoms with E-state index >= 15 is 0 Å². The first kappa shape index (κ1) is 15.8. The molecule has 2 saturated heterocycles. The van der Waals surface area contributed by atoms with Crippen molar-refractivity contribution in [3.63, 3.8) is 0 Å². The number of sulfone groups is 1. The summed E-state index contributed by atoms with van der Waals surface area (Å²) < 4.78 is 22.9. The van der Waals surface area contributed by atoms with Gasteiger partial charge < -0.3 is 10.2 Å². The highest BCUT2D eigenvalue weighted by atomic mass is 32.2. The Bertz CT molecular complexity index is 455. The summed E-state index contributed by atoms with van der Waals surface area (Å²) in [6.07, 6.45) is 4.47. The Hall–Kier alpha value is -0.620. The summed E-state index contributed by atoms with van der Waals surface area (Å²) in [7, 11) is -3.06. The molecule has 4 unspecified atom stereocenters. The quantitative estimate of drug-likeness (QED) is 0.810. The molecule has 1 aliphatic carbocycles. The number of carbonyl (C=O) groups is 1.